The molecule has 6 nitrogen and oxygen atoms in total. The lowest BCUT2D eigenvalue weighted by atomic mass is 9.95. The number of hydrogen-bond acceptors (Lipinski definition) is 5. The smallest absolute Gasteiger partial charge is 0.258 e. The Labute approximate surface area is 203 Å². The van der Waals surface area contributed by atoms with Crippen molar-refractivity contribution in [2.75, 3.05) is 19.8 Å². The molecule has 2 aromatic carbocycles. The summed E-state index contributed by atoms with van der Waals surface area (Å²) in [6.45, 7) is 6.99. The van der Waals surface area contributed by atoms with Crippen molar-refractivity contribution in [1.29, 1.82) is 0 Å². The lowest BCUT2D eigenvalue weighted by molar-refractivity contribution is -0.124. The van der Waals surface area contributed by atoms with Gasteiger partial charge in [0.2, 0.25) is 0 Å². The summed E-state index contributed by atoms with van der Waals surface area (Å²) in [5, 5.41) is 4.57. The number of nitrogens with one attached hydrogen (secondary N) is 1. The number of rotatable bonds is 6. The zero-order chi connectivity index (χ0) is 23.5. The summed E-state index contributed by atoms with van der Waals surface area (Å²) >= 11 is 12.7. The highest BCUT2D eigenvalue weighted by molar-refractivity contribution is 6.39. The van der Waals surface area contributed by atoms with Crippen molar-refractivity contribution >= 4 is 40.0 Å². The Morgan fingerprint density at radius 1 is 1.09 bits per heavy atom. The molecule has 33 heavy (non-hydrogen) atoms. The molecule has 1 amide bonds. The molecule has 0 saturated carbocycles. The Morgan fingerprint density at radius 3 is 2.61 bits per heavy atom. The van der Waals surface area contributed by atoms with Crippen LogP contribution in [-0.4, -0.2) is 30.7 Å². The third kappa shape index (κ3) is 5.28. The van der Waals surface area contributed by atoms with Crippen LogP contribution in [0.15, 0.2) is 36.4 Å². The molecule has 0 bridgehead atoms. The van der Waals surface area contributed by atoms with Crippen molar-refractivity contribution in [3.8, 4) is 17.2 Å². The van der Waals surface area contributed by atoms with Gasteiger partial charge in [-0.25, -0.2) is 4.98 Å². The Balaban J connectivity index is 1.51. The Hall–Kier alpha value is -2.70. The van der Waals surface area contributed by atoms with Gasteiger partial charge in [0.1, 0.15) is 5.52 Å². The Bertz CT molecular complexity index is 1180. The van der Waals surface area contributed by atoms with Crippen LogP contribution in [0.1, 0.15) is 37.6 Å². The first-order chi connectivity index (χ1) is 15.8. The van der Waals surface area contributed by atoms with E-state index in [0.29, 0.717) is 45.7 Å². The van der Waals surface area contributed by atoms with Crippen LogP contribution >= 0.6 is 23.2 Å². The maximum Gasteiger partial charge on any atom is 0.258 e. The number of pyridine rings is 1. The molecule has 4 rings (SSSR count). The number of halogens is 2. The maximum atomic E-state index is 12.8. The standard InChI is InChI=1S/C25H26Cl2N2O4/c1-14(2)23(16-6-8-20-21(11-16)32-10-4-9-31-20)29-22(30)13-33-25-19(27)12-18(26)17-7-5-15(3)28-24(17)25/h5-8,11-12,14,23H,4,9-10,13H2,1-3H3,(H,29,30). The van der Waals surface area contributed by atoms with E-state index in [1.165, 1.54) is 0 Å². The molecule has 3 aromatic rings. The van der Waals surface area contributed by atoms with E-state index in [1.807, 2.05) is 51.1 Å². The molecule has 1 aliphatic heterocycles. The molecule has 1 aliphatic rings. The van der Waals surface area contributed by atoms with Crippen molar-refractivity contribution in [2.45, 2.75) is 33.2 Å². The van der Waals surface area contributed by atoms with E-state index in [4.69, 9.17) is 37.4 Å². The van der Waals surface area contributed by atoms with Gasteiger partial charge in [0, 0.05) is 17.5 Å². The van der Waals surface area contributed by atoms with E-state index in [9.17, 15) is 4.79 Å². The van der Waals surface area contributed by atoms with Gasteiger partial charge in [-0.3, -0.25) is 4.79 Å². The molecule has 174 valence electrons. The second-order valence-corrected chi connectivity index (χ2v) is 9.17. The van der Waals surface area contributed by atoms with Gasteiger partial charge in [0.25, 0.3) is 5.91 Å². The summed E-state index contributed by atoms with van der Waals surface area (Å²) in [5.74, 6) is 1.63. The van der Waals surface area contributed by atoms with E-state index in [-0.39, 0.29) is 24.5 Å². The van der Waals surface area contributed by atoms with Crippen LogP contribution in [0.4, 0.5) is 0 Å². The zero-order valence-electron chi connectivity index (χ0n) is 18.8. The summed E-state index contributed by atoms with van der Waals surface area (Å²) in [5.41, 5.74) is 2.27. The molecule has 0 fully saturated rings. The summed E-state index contributed by atoms with van der Waals surface area (Å²) in [6.07, 6.45) is 0.835. The highest BCUT2D eigenvalue weighted by Crippen LogP contribution is 2.37. The van der Waals surface area contributed by atoms with E-state index >= 15 is 0 Å². The van der Waals surface area contributed by atoms with Gasteiger partial charge in [-0.1, -0.05) is 43.1 Å². The fourth-order valence-corrected chi connectivity index (χ4v) is 4.36. The van der Waals surface area contributed by atoms with Gasteiger partial charge in [0.15, 0.2) is 23.9 Å². The first kappa shape index (κ1) is 23.5. The van der Waals surface area contributed by atoms with Crippen molar-refractivity contribution < 1.29 is 19.0 Å². The van der Waals surface area contributed by atoms with Gasteiger partial charge in [-0.2, -0.15) is 0 Å². The number of amides is 1. The molecule has 8 heteroatoms. The number of hydrogen-bond donors (Lipinski definition) is 1. The molecule has 0 spiro atoms. The second-order valence-electron chi connectivity index (χ2n) is 8.35. The molecule has 1 N–H and O–H groups in total. The average Bonchev–Trinajstić information content (AvgIpc) is 3.01. The highest BCUT2D eigenvalue weighted by Gasteiger charge is 2.22. The lowest BCUT2D eigenvalue weighted by Gasteiger charge is -2.24. The summed E-state index contributed by atoms with van der Waals surface area (Å²) < 4.78 is 17.4. The van der Waals surface area contributed by atoms with Crippen LogP contribution in [0.5, 0.6) is 17.2 Å². The minimum Gasteiger partial charge on any atom is -0.490 e. The van der Waals surface area contributed by atoms with E-state index < -0.39 is 0 Å². The highest BCUT2D eigenvalue weighted by atomic mass is 35.5. The van der Waals surface area contributed by atoms with E-state index in [2.05, 4.69) is 10.3 Å². The third-order valence-corrected chi connectivity index (χ3v) is 6.03. The van der Waals surface area contributed by atoms with E-state index in [0.717, 1.165) is 23.4 Å². The fraction of sp³-hybridized carbons (Fsp3) is 0.360. The normalized spacial score (nSPS) is 14.1. The van der Waals surface area contributed by atoms with E-state index in [1.54, 1.807) is 6.07 Å². The van der Waals surface area contributed by atoms with Crippen LogP contribution in [0.3, 0.4) is 0 Å². The number of nitrogens with zero attached hydrogens (tertiary/aromatic N) is 1. The van der Waals surface area contributed by atoms with Gasteiger partial charge >= 0.3 is 0 Å². The SMILES string of the molecule is Cc1ccc2c(Cl)cc(Cl)c(OCC(=O)NC(c3ccc4c(c3)OCCCO4)C(C)C)c2n1. The second kappa shape index (κ2) is 10.1. The lowest BCUT2D eigenvalue weighted by Crippen LogP contribution is -2.35. The largest absolute Gasteiger partial charge is 0.490 e. The van der Waals surface area contributed by atoms with Crippen LogP contribution in [0.2, 0.25) is 10.0 Å². The molecular formula is C25H26Cl2N2O4. The number of benzene rings is 2. The molecule has 0 aliphatic carbocycles. The quantitative estimate of drug-likeness (QED) is 0.467. The Kier molecular flexibility index (Phi) is 7.15. The first-order valence-electron chi connectivity index (χ1n) is 10.9. The van der Waals surface area contributed by atoms with Crippen molar-refractivity contribution in [3.63, 3.8) is 0 Å². The topological polar surface area (TPSA) is 69.7 Å². The summed E-state index contributed by atoms with van der Waals surface area (Å²) in [7, 11) is 0. The minimum atomic E-state index is -0.271. The number of aromatic nitrogens is 1. The first-order valence-corrected chi connectivity index (χ1v) is 11.7. The van der Waals surface area contributed by atoms with Gasteiger partial charge in [-0.05, 0) is 48.7 Å². The number of ether oxygens (including phenoxy) is 3. The molecule has 2 heterocycles. The monoisotopic (exact) mass is 488 g/mol. The number of carbonyl (C=O) groups is 1. The molecule has 1 atom stereocenters. The zero-order valence-corrected chi connectivity index (χ0v) is 20.3. The summed E-state index contributed by atoms with van der Waals surface area (Å²) in [4.78, 5) is 17.4. The predicted octanol–water partition coefficient (Wildman–Crippen LogP) is 5.90. The molecule has 1 aromatic heterocycles. The minimum absolute atomic E-state index is 0.142. The maximum absolute atomic E-state index is 12.8. The van der Waals surface area contributed by atoms with Crippen molar-refractivity contribution in [1.82, 2.24) is 10.3 Å². The van der Waals surface area contributed by atoms with Crippen LogP contribution < -0.4 is 19.5 Å². The van der Waals surface area contributed by atoms with Crippen LogP contribution in [-0.2, 0) is 4.79 Å². The fourth-order valence-electron chi connectivity index (χ4n) is 3.79. The van der Waals surface area contributed by atoms with Gasteiger partial charge < -0.3 is 19.5 Å². The summed E-state index contributed by atoms with van der Waals surface area (Å²) in [6, 6.07) is 10.9. The van der Waals surface area contributed by atoms with Crippen molar-refractivity contribution in [2.24, 2.45) is 5.92 Å². The number of aryl methyl sites for hydroxylation is 1. The predicted molar refractivity (Wildman–Crippen MR) is 130 cm³/mol. The number of fused-ring (bicyclic) bond motifs is 2. The van der Waals surface area contributed by atoms with Gasteiger partial charge in [0.05, 0.1) is 29.3 Å². The molecular weight excluding hydrogens is 463 g/mol. The Morgan fingerprint density at radius 2 is 1.85 bits per heavy atom. The van der Waals surface area contributed by atoms with Gasteiger partial charge in [-0.15, -0.1) is 0 Å². The molecule has 1 unspecified atom stereocenters. The third-order valence-electron chi connectivity index (χ3n) is 5.44. The number of carbonyl (C=O) groups excluding carboxylic acids is 1. The molecule has 0 radical (unpaired) electrons. The van der Waals surface area contributed by atoms with Crippen LogP contribution in [0, 0.1) is 12.8 Å². The van der Waals surface area contributed by atoms with Crippen molar-refractivity contribution in [3.05, 3.63) is 57.7 Å². The average molecular weight is 489 g/mol. The van der Waals surface area contributed by atoms with Crippen LogP contribution in [0.25, 0.3) is 10.9 Å². The molecule has 0 saturated heterocycles.